The van der Waals surface area contributed by atoms with Crippen LogP contribution in [0.5, 0.6) is 5.75 Å². The van der Waals surface area contributed by atoms with Crippen LogP contribution in [0.2, 0.25) is 0 Å². The summed E-state index contributed by atoms with van der Waals surface area (Å²) >= 11 is 0. The largest absolute Gasteiger partial charge is 0.508 e. The topological polar surface area (TPSA) is 23.5 Å². The van der Waals surface area contributed by atoms with Gasteiger partial charge >= 0.3 is 0 Å². The highest BCUT2D eigenvalue weighted by molar-refractivity contribution is 5.26. The van der Waals surface area contributed by atoms with Crippen LogP contribution in [-0.2, 0) is 6.42 Å². The Balaban J connectivity index is 2.72. The van der Waals surface area contributed by atoms with Crippen molar-refractivity contribution in [2.75, 3.05) is 6.54 Å². The summed E-state index contributed by atoms with van der Waals surface area (Å²) in [5.41, 5.74) is 1.59. The van der Waals surface area contributed by atoms with Gasteiger partial charge in [-0.3, -0.25) is 4.90 Å². The van der Waals surface area contributed by atoms with Gasteiger partial charge in [-0.2, -0.15) is 0 Å². The number of phenols is 1. The van der Waals surface area contributed by atoms with E-state index in [4.69, 9.17) is 0 Å². The SMILES string of the molecule is CC(C)(C)N(CCc1ccc(O)cc1)C(C)(C)C. The van der Waals surface area contributed by atoms with E-state index in [2.05, 4.69) is 46.4 Å². The van der Waals surface area contributed by atoms with E-state index in [0.717, 1.165) is 13.0 Å². The molecule has 102 valence electrons. The molecule has 2 heteroatoms. The zero-order valence-electron chi connectivity index (χ0n) is 12.6. The molecule has 0 bridgehead atoms. The first kappa shape index (κ1) is 15.0. The molecule has 1 rings (SSSR count). The fourth-order valence-electron chi connectivity index (χ4n) is 2.58. The number of nitrogens with zero attached hydrogens (tertiary/aromatic N) is 1. The molecule has 1 N–H and O–H groups in total. The number of hydrogen-bond donors (Lipinski definition) is 1. The van der Waals surface area contributed by atoms with Crippen LogP contribution in [-0.4, -0.2) is 27.6 Å². The summed E-state index contributed by atoms with van der Waals surface area (Å²) in [6, 6.07) is 7.51. The molecular weight excluding hydrogens is 222 g/mol. The van der Waals surface area contributed by atoms with E-state index in [1.54, 1.807) is 12.1 Å². The number of aromatic hydroxyl groups is 1. The van der Waals surface area contributed by atoms with Gasteiger partial charge in [0.05, 0.1) is 0 Å². The Morgan fingerprint density at radius 2 is 1.33 bits per heavy atom. The van der Waals surface area contributed by atoms with Gasteiger partial charge in [-0.1, -0.05) is 12.1 Å². The monoisotopic (exact) mass is 249 g/mol. The van der Waals surface area contributed by atoms with Crippen LogP contribution in [0.15, 0.2) is 24.3 Å². The fraction of sp³-hybridized carbons (Fsp3) is 0.625. The fourth-order valence-corrected chi connectivity index (χ4v) is 2.58. The zero-order chi connectivity index (χ0) is 14.0. The molecule has 0 unspecified atom stereocenters. The summed E-state index contributed by atoms with van der Waals surface area (Å²) in [5.74, 6) is 0.335. The third-order valence-electron chi connectivity index (χ3n) is 3.18. The van der Waals surface area contributed by atoms with Gasteiger partial charge in [-0.05, 0) is 65.7 Å². The van der Waals surface area contributed by atoms with Crippen LogP contribution in [0.3, 0.4) is 0 Å². The second kappa shape index (κ2) is 5.31. The molecule has 0 amide bonds. The van der Waals surface area contributed by atoms with Crippen LogP contribution < -0.4 is 0 Å². The van der Waals surface area contributed by atoms with Crippen LogP contribution >= 0.6 is 0 Å². The van der Waals surface area contributed by atoms with Crippen molar-refractivity contribution in [3.05, 3.63) is 29.8 Å². The molecule has 0 fully saturated rings. The summed E-state index contributed by atoms with van der Waals surface area (Å²) < 4.78 is 0. The highest BCUT2D eigenvalue weighted by atomic mass is 16.3. The van der Waals surface area contributed by atoms with Gasteiger partial charge in [0, 0.05) is 17.6 Å². The molecule has 0 saturated heterocycles. The minimum atomic E-state index is 0.162. The highest BCUT2D eigenvalue weighted by Crippen LogP contribution is 2.25. The first-order valence-corrected chi connectivity index (χ1v) is 6.66. The normalized spacial score (nSPS) is 13.1. The molecule has 0 heterocycles. The summed E-state index contributed by atoms with van der Waals surface area (Å²) in [4.78, 5) is 2.52. The van der Waals surface area contributed by atoms with Crippen molar-refractivity contribution in [2.45, 2.75) is 59.0 Å². The Kier molecular flexibility index (Phi) is 4.44. The molecule has 0 radical (unpaired) electrons. The lowest BCUT2D eigenvalue weighted by Crippen LogP contribution is -2.53. The third kappa shape index (κ3) is 4.34. The molecule has 0 aromatic heterocycles. The zero-order valence-corrected chi connectivity index (χ0v) is 12.6. The summed E-state index contributed by atoms with van der Waals surface area (Å²) in [5, 5.41) is 9.28. The van der Waals surface area contributed by atoms with Crippen molar-refractivity contribution < 1.29 is 5.11 Å². The molecule has 0 spiro atoms. The molecule has 0 aliphatic rings. The standard InChI is InChI=1S/C16H27NO/c1-15(2,3)17(16(4,5)6)12-11-13-7-9-14(18)10-8-13/h7-10,18H,11-12H2,1-6H3. The predicted molar refractivity (Wildman–Crippen MR) is 78.0 cm³/mol. The van der Waals surface area contributed by atoms with Gasteiger partial charge in [0.1, 0.15) is 5.75 Å². The van der Waals surface area contributed by atoms with E-state index in [0.29, 0.717) is 5.75 Å². The maximum atomic E-state index is 9.28. The van der Waals surface area contributed by atoms with Gasteiger partial charge in [0.2, 0.25) is 0 Å². The summed E-state index contributed by atoms with van der Waals surface area (Å²) in [6.07, 6.45) is 1.01. The minimum Gasteiger partial charge on any atom is -0.508 e. The maximum Gasteiger partial charge on any atom is 0.115 e. The number of rotatable bonds is 3. The lowest BCUT2D eigenvalue weighted by atomic mass is 9.95. The Hall–Kier alpha value is -1.02. The Morgan fingerprint density at radius 3 is 1.72 bits per heavy atom. The quantitative estimate of drug-likeness (QED) is 0.880. The van der Waals surface area contributed by atoms with Crippen LogP contribution in [0.1, 0.15) is 47.1 Å². The Morgan fingerprint density at radius 1 is 0.889 bits per heavy atom. The van der Waals surface area contributed by atoms with Crippen molar-refractivity contribution in [3.63, 3.8) is 0 Å². The highest BCUT2D eigenvalue weighted by Gasteiger charge is 2.30. The predicted octanol–water partition coefficient (Wildman–Crippen LogP) is 3.83. The lowest BCUT2D eigenvalue weighted by Gasteiger charge is -2.45. The molecule has 2 nitrogen and oxygen atoms in total. The minimum absolute atomic E-state index is 0.162. The number of phenolic OH excluding ortho intramolecular Hbond substituents is 1. The average molecular weight is 249 g/mol. The van der Waals surface area contributed by atoms with Crippen molar-refractivity contribution in [1.29, 1.82) is 0 Å². The molecule has 0 aliphatic heterocycles. The lowest BCUT2D eigenvalue weighted by molar-refractivity contribution is 0.0398. The van der Waals surface area contributed by atoms with Crippen LogP contribution in [0, 0.1) is 0 Å². The van der Waals surface area contributed by atoms with E-state index in [1.807, 2.05) is 12.1 Å². The first-order chi connectivity index (χ1) is 8.10. The van der Waals surface area contributed by atoms with Gasteiger partial charge in [-0.25, -0.2) is 0 Å². The van der Waals surface area contributed by atoms with E-state index < -0.39 is 0 Å². The maximum absolute atomic E-state index is 9.28. The Bertz CT molecular complexity index is 354. The van der Waals surface area contributed by atoms with E-state index in [9.17, 15) is 5.11 Å². The van der Waals surface area contributed by atoms with Gasteiger partial charge in [0.25, 0.3) is 0 Å². The third-order valence-corrected chi connectivity index (χ3v) is 3.18. The van der Waals surface area contributed by atoms with Crippen molar-refractivity contribution in [1.82, 2.24) is 4.90 Å². The van der Waals surface area contributed by atoms with Crippen LogP contribution in [0.4, 0.5) is 0 Å². The van der Waals surface area contributed by atoms with Crippen LogP contribution in [0.25, 0.3) is 0 Å². The van der Waals surface area contributed by atoms with E-state index >= 15 is 0 Å². The molecule has 1 aromatic rings. The number of hydrogen-bond acceptors (Lipinski definition) is 2. The first-order valence-electron chi connectivity index (χ1n) is 6.66. The second-order valence-electron chi connectivity index (χ2n) is 6.91. The molecule has 0 saturated carbocycles. The van der Waals surface area contributed by atoms with Gasteiger partial charge < -0.3 is 5.11 Å². The molecule has 18 heavy (non-hydrogen) atoms. The van der Waals surface area contributed by atoms with E-state index in [1.165, 1.54) is 5.56 Å². The van der Waals surface area contributed by atoms with Crippen molar-refractivity contribution >= 4 is 0 Å². The Labute approximate surface area is 112 Å². The molecule has 0 aliphatic carbocycles. The smallest absolute Gasteiger partial charge is 0.115 e. The molecular formula is C16H27NO. The molecule has 0 atom stereocenters. The second-order valence-corrected chi connectivity index (χ2v) is 6.91. The van der Waals surface area contributed by atoms with Crippen molar-refractivity contribution in [3.8, 4) is 5.75 Å². The summed E-state index contributed by atoms with van der Waals surface area (Å²) in [6.45, 7) is 14.6. The van der Waals surface area contributed by atoms with Crippen molar-refractivity contribution in [2.24, 2.45) is 0 Å². The summed E-state index contributed by atoms with van der Waals surface area (Å²) in [7, 11) is 0. The van der Waals surface area contributed by atoms with Gasteiger partial charge in [0.15, 0.2) is 0 Å². The molecule has 1 aromatic carbocycles. The average Bonchev–Trinajstić information content (AvgIpc) is 2.17. The van der Waals surface area contributed by atoms with E-state index in [-0.39, 0.29) is 11.1 Å². The van der Waals surface area contributed by atoms with Gasteiger partial charge in [-0.15, -0.1) is 0 Å². The number of benzene rings is 1.